The standard InChI is InChI=1S/C17H34O6/c1-4-6-16(7-5-2)17(18)23-15-14-22-13-12-21-11-10-20-9-8-19-3/h16H,4-15H2,1-3H3. The molecule has 0 aliphatic carbocycles. The van der Waals surface area contributed by atoms with Gasteiger partial charge in [0.15, 0.2) is 0 Å². The number of esters is 1. The van der Waals surface area contributed by atoms with Gasteiger partial charge >= 0.3 is 5.97 Å². The first-order valence-corrected chi connectivity index (χ1v) is 8.65. The van der Waals surface area contributed by atoms with Crippen molar-refractivity contribution in [3.8, 4) is 0 Å². The summed E-state index contributed by atoms with van der Waals surface area (Å²) in [4.78, 5) is 11.9. The van der Waals surface area contributed by atoms with E-state index in [0.717, 1.165) is 25.7 Å². The molecule has 0 amide bonds. The summed E-state index contributed by atoms with van der Waals surface area (Å²) in [6, 6.07) is 0. The second-order valence-corrected chi connectivity index (χ2v) is 5.27. The van der Waals surface area contributed by atoms with Crippen molar-refractivity contribution in [1.82, 2.24) is 0 Å². The Morgan fingerprint density at radius 1 is 0.739 bits per heavy atom. The summed E-state index contributed by atoms with van der Waals surface area (Å²) in [6.45, 7) is 8.16. The summed E-state index contributed by atoms with van der Waals surface area (Å²) in [6.07, 6.45) is 3.80. The molecule has 0 spiro atoms. The number of methoxy groups -OCH3 is 1. The maximum atomic E-state index is 11.9. The fourth-order valence-electron chi connectivity index (χ4n) is 2.08. The average molecular weight is 334 g/mol. The van der Waals surface area contributed by atoms with Crippen LogP contribution in [0, 0.1) is 5.92 Å². The molecule has 0 saturated heterocycles. The Morgan fingerprint density at radius 3 is 1.61 bits per heavy atom. The van der Waals surface area contributed by atoms with Crippen molar-refractivity contribution in [1.29, 1.82) is 0 Å². The smallest absolute Gasteiger partial charge is 0.309 e. The molecule has 6 nitrogen and oxygen atoms in total. The van der Waals surface area contributed by atoms with Gasteiger partial charge < -0.3 is 23.7 Å². The summed E-state index contributed by atoms with van der Waals surface area (Å²) in [5.74, 6) is -0.0619. The van der Waals surface area contributed by atoms with Gasteiger partial charge in [-0.2, -0.15) is 0 Å². The van der Waals surface area contributed by atoms with Crippen LogP contribution >= 0.6 is 0 Å². The quantitative estimate of drug-likeness (QED) is 0.301. The van der Waals surface area contributed by atoms with Crippen molar-refractivity contribution in [3.05, 3.63) is 0 Å². The van der Waals surface area contributed by atoms with Crippen LogP contribution in [0.25, 0.3) is 0 Å². The third-order valence-electron chi connectivity index (χ3n) is 3.26. The van der Waals surface area contributed by atoms with E-state index in [1.54, 1.807) is 7.11 Å². The first kappa shape index (κ1) is 22.3. The Kier molecular flexibility index (Phi) is 17.1. The van der Waals surface area contributed by atoms with Crippen LogP contribution in [-0.2, 0) is 28.5 Å². The molecule has 0 fully saturated rings. The van der Waals surface area contributed by atoms with E-state index in [4.69, 9.17) is 23.7 Å². The number of hydrogen-bond acceptors (Lipinski definition) is 6. The van der Waals surface area contributed by atoms with Gasteiger partial charge in [-0.3, -0.25) is 4.79 Å². The van der Waals surface area contributed by atoms with E-state index in [0.29, 0.717) is 52.9 Å². The van der Waals surface area contributed by atoms with Gasteiger partial charge in [0.2, 0.25) is 0 Å². The molecule has 0 aliphatic rings. The molecular weight excluding hydrogens is 300 g/mol. The van der Waals surface area contributed by atoms with E-state index in [9.17, 15) is 4.79 Å². The molecule has 0 aliphatic heterocycles. The molecule has 0 aromatic heterocycles. The molecule has 6 heteroatoms. The topological polar surface area (TPSA) is 63.2 Å². The van der Waals surface area contributed by atoms with Gasteiger partial charge in [0.1, 0.15) is 6.61 Å². The molecule has 0 radical (unpaired) electrons. The highest BCUT2D eigenvalue weighted by atomic mass is 16.6. The van der Waals surface area contributed by atoms with Crippen molar-refractivity contribution < 1.29 is 28.5 Å². The van der Waals surface area contributed by atoms with Crippen molar-refractivity contribution in [2.45, 2.75) is 39.5 Å². The van der Waals surface area contributed by atoms with E-state index >= 15 is 0 Å². The molecule has 0 bridgehead atoms. The zero-order valence-corrected chi connectivity index (χ0v) is 15.0. The van der Waals surface area contributed by atoms with Crippen LogP contribution in [0.1, 0.15) is 39.5 Å². The fourth-order valence-corrected chi connectivity index (χ4v) is 2.08. The van der Waals surface area contributed by atoms with Gasteiger partial charge in [-0.1, -0.05) is 26.7 Å². The highest BCUT2D eigenvalue weighted by molar-refractivity contribution is 5.72. The third-order valence-corrected chi connectivity index (χ3v) is 3.26. The van der Waals surface area contributed by atoms with Crippen LogP contribution in [0.2, 0.25) is 0 Å². The number of hydrogen-bond donors (Lipinski definition) is 0. The summed E-state index contributed by atoms with van der Waals surface area (Å²) in [5.41, 5.74) is 0. The summed E-state index contributed by atoms with van der Waals surface area (Å²) in [7, 11) is 1.64. The fraction of sp³-hybridized carbons (Fsp3) is 0.941. The van der Waals surface area contributed by atoms with Gasteiger partial charge in [0.25, 0.3) is 0 Å². The predicted octanol–water partition coefficient (Wildman–Crippen LogP) is 2.44. The molecule has 0 saturated carbocycles. The molecule has 0 atom stereocenters. The van der Waals surface area contributed by atoms with E-state index in [2.05, 4.69) is 13.8 Å². The lowest BCUT2D eigenvalue weighted by Crippen LogP contribution is -2.20. The van der Waals surface area contributed by atoms with Gasteiger partial charge in [-0.05, 0) is 12.8 Å². The SMILES string of the molecule is CCCC(CCC)C(=O)OCCOCCOCCOCCOC. The van der Waals surface area contributed by atoms with Crippen molar-refractivity contribution >= 4 is 5.97 Å². The zero-order valence-electron chi connectivity index (χ0n) is 15.0. The predicted molar refractivity (Wildman–Crippen MR) is 88.6 cm³/mol. The molecular formula is C17H34O6. The molecule has 0 aromatic rings. The Bertz CT molecular complexity index is 253. The zero-order chi connectivity index (χ0) is 17.2. The average Bonchev–Trinajstić information content (AvgIpc) is 2.55. The summed E-state index contributed by atoms with van der Waals surface area (Å²) in [5, 5.41) is 0. The van der Waals surface area contributed by atoms with E-state index in [1.165, 1.54) is 0 Å². The minimum Gasteiger partial charge on any atom is -0.463 e. The lowest BCUT2D eigenvalue weighted by atomic mass is 9.99. The summed E-state index contributed by atoms with van der Waals surface area (Å²) >= 11 is 0. The maximum absolute atomic E-state index is 11.9. The minimum atomic E-state index is -0.0956. The first-order chi connectivity index (χ1) is 11.3. The molecule has 0 unspecified atom stereocenters. The Labute approximate surface area is 140 Å². The lowest BCUT2D eigenvalue weighted by molar-refractivity contribution is -0.150. The van der Waals surface area contributed by atoms with E-state index in [1.807, 2.05) is 0 Å². The number of rotatable bonds is 17. The van der Waals surface area contributed by atoms with Crippen molar-refractivity contribution in [3.63, 3.8) is 0 Å². The Morgan fingerprint density at radius 2 is 1.17 bits per heavy atom. The molecule has 0 N–H and O–H groups in total. The van der Waals surface area contributed by atoms with Crippen molar-refractivity contribution in [2.75, 3.05) is 60.0 Å². The van der Waals surface area contributed by atoms with Gasteiger partial charge in [0.05, 0.1) is 52.2 Å². The largest absolute Gasteiger partial charge is 0.463 e. The number of carbonyl (C=O) groups is 1. The highest BCUT2D eigenvalue weighted by Gasteiger charge is 2.17. The molecule has 138 valence electrons. The van der Waals surface area contributed by atoms with Crippen LogP contribution in [0.4, 0.5) is 0 Å². The normalized spacial score (nSPS) is 11.1. The van der Waals surface area contributed by atoms with Crippen LogP contribution in [0.3, 0.4) is 0 Å². The molecule has 23 heavy (non-hydrogen) atoms. The second-order valence-electron chi connectivity index (χ2n) is 5.27. The van der Waals surface area contributed by atoms with Crippen LogP contribution < -0.4 is 0 Å². The molecule has 0 rings (SSSR count). The monoisotopic (exact) mass is 334 g/mol. The van der Waals surface area contributed by atoms with Gasteiger partial charge in [0, 0.05) is 7.11 Å². The number of carbonyl (C=O) groups excluding carboxylic acids is 1. The molecule has 0 aromatic carbocycles. The van der Waals surface area contributed by atoms with Gasteiger partial charge in [-0.15, -0.1) is 0 Å². The Hall–Kier alpha value is -0.690. The van der Waals surface area contributed by atoms with E-state index in [-0.39, 0.29) is 11.9 Å². The number of ether oxygens (including phenoxy) is 5. The third kappa shape index (κ3) is 14.6. The Balaban J connectivity index is 3.36. The lowest BCUT2D eigenvalue weighted by Gasteiger charge is -2.14. The van der Waals surface area contributed by atoms with Crippen LogP contribution in [-0.4, -0.2) is 65.9 Å². The molecule has 0 heterocycles. The maximum Gasteiger partial charge on any atom is 0.309 e. The van der Waals surface area contributed by atoms with E-state index < -0.39 is 0 Å². The van der Waals surface area contributed by atoms with Gasteiger partial charge in [-0.25, -0.2) is 0 Å². The highest BCUT2D eigenvalue weighted by Crippen LogP contribution is 2.15. The van der Waals surface area contributed by atoms with Crippen LogP contribution in [0.15, 0.2) is 0 Å². The van der Waals surface area contributed by atoms with Crippen LogP contribution in [0.5, 0.6) is 0 Å². The minimum absolute atomic E-state index is 0.0337. The van der Waals surface area contributed by atoms with Crippen molar-refractivity contribution in [2.24, 2.45) is 5.92 Å². The first-order valence-electron chi connectivity index (χ1n) is 8.65. The summed E-state index contributed by atoms with van der Waals surface area (Å²) < 4.78 is 26.1. The second kappa shape index (κ2) is 17.7.